The van der Waals surface area contributed by atoms with Crippen molar-refractivity contribution >= 4 is 28.8 Å². The van der Waals surface area contributed by atoms with Gasteiger partial charge in [-0.1, -0.05) is 30.3 Å². The fourth-order valence-electron chi connectivity index (χ4n) is 10.2. The first-order valence-corrected chi connectivity index (χ1v) is 22.2. The first-order chi connectivity index (χ1) is 29.2. The molecule has 1 aliphatic carbocycles. The summed E-state index contributed by atoms with van der Waals surface area (Å²) in [6.07, 6.45) is 9.95. The number of esters is 1. The summed E-state index contributed by atoms with van der Waals surface area (Å²) in [5.74, 6) is -0.0337. The molecule has 2 unspecified atom stereocenters. The van der Waals surface area contributed by atoms with Gasteiger partial charge in [0.2, 0.25) is 5.71 Å². The van der Waals surface area contributed by atoms with Crippen LogP contribution in [-0.2, 0) is 22.5 Å². The third-order valence-electron chi connectivity index (χ3n) is 13.5. The SMILES string of the molecule is CCc1cc2c(cc1N(C)CC)OC(=O)C1C(c3ccccc3C(=O)N3CCN(Cc4cn(C5CC(C)(C)N(O)C(C)(C)C5)nn4)CC3)=C3C=CC(=[N+](CC)CC)C=C3OC21. The number of benzene rings is 2. The lowest BCUT2D eigenvalue weighted by molar-refractivity contribution is -0.519. The van der Waals surface area contributed by atoms with E-state index in [-0.39, 0.29) is 29.0 Å². The van der Waals surface area contributed by atoms with E-state index in [1.165, 1.54) is 5.06 Å². The Bertz CT molecular complexity index is 2310. The molecule has 61 heavy (non-hydrogen) atoms. The summed E-state index contributed by atoms with van der Waals surface area (Å²) >= 11 is 0. The highest BCUT2D eigenvalue weighted by Gasteiger charge is 2.49. The molecule has 0 spiro atoms. The van der Waals surface area contributed by atoms with Crippen molar-refractivity contribution in [2.24, 2.45) is 5.92 Å². The molecule has 13 nitrogen and oxygen atoms in total. The number of aromatic nitrogens is 3. The normalized spacial score (nSPS) is 22.5. The van der Waals surface area contributed by atoms with Gasteiger partial charge < -0.3 is 24.5 Å². The van der Waals surface area contributed by atoms with Crippen molar-refractivity contribution in [1.29, 1.82) is 0 Å². The molecule has 0 radical (unpaired) electrons. The number of piperidine rings is 1. The predicted molar refractivity (Wildman–Crippen MR) is 236 cm³/mol. The molecule has 0 saturated carbocycles. The van der Waals surface area contributed by atoms with Crippen molar-refractivity contribution in [2.45, 2.75) is 104 Å². The monoisotopic (exact) mass is 831 g/mol. The Morgan fingerprint density at radius 3 is 2.36 bits per heavy atom. The number of fused-ring (bicyclic) bond motifs is 4. The Balaban J connectivity index is 1.07. The van der Waals surface area contributed by atoms with Crippen LogP contribution in [0.25, 0.3) is 5.57 Å². The smallest absolute Gasteiger partial charge is 0.323 e. The highest BCUT2D eigenvalue weighted by molar-refractivity contribution is 6.08. The standard InChI is InChI=1S/C48H63N8O5/c1-10-31-24-38-41(26-39(31)51(9)11-2)61-46(58)43-42(37-19-18-33(53(12-3)13-4)25-40(37)60-44(38)43)35-16-14-15-17-36(35)45(57)54-22-20-52(21-23-54)29-32-30-55(50-49-32)34-27-47(5,6)56(59)48(7,8)28-34/h14-19,24-26,30,34,43-44,59H,10-13,20-23,27-29H2,1-9H3/q+1. The minimum absolute atomic E-state index is 0.0661. The van der Waals surface area contributed by atoms with Gasteiger partial charge in [-0.3, -0.25) is 14.5 Å². The molecule has 5 aliphatic rings. The summed E-state index contributed by atoms with van der Waals surface area (Å²) in [5.41, 5.74) is 7.02. The number of allylic oxidation sites excluding steroid dienone is 3. The van der Waals surface area contributed by atoms with Gasteiger partial charge in [-0.15, -0.1) is 5.10 Å². The zero-order chi connectivity index (χ0) is 43.4. The predicted octanol–water partition coefficient (Wildman–Crippen LogP) is 6.85. The molecule has 1 N–H and O–H groups in total. The number of carbonyl (C=O) groups excluding carboxylic acids is 2. The Morgan fingerprint density at radius 1 is 0.984 bits per heavy atom. The minimum atomic E-state index is -0.786. The van der Waals surface area contributed by atoms with Gasteiger partial charge in [0.15, 0.2) is 0 Å². The van der Waals surface area contributed by atoms with Crippen LogP contribution in [0.3, 0.4) is 0 Å². The molecule has 2 saturated heterocycles. The summed E-state index contributed by atoms with van der Waals surface area (Å²) in [5, 5.41) is 21.4. The number of piperazine rings is 1. The van der Waals surface area contributed by atoms with Crippen LogP contribution in [0.4, 0.5) is 5.69 Å². The maximum atomic E-state index is 14.7. The molecule has 3 aromatic rings. The van der Waals surface area contributed by atoms with Gasteiger partial charge in [0.1, 0.15) is 36.6 Å². The molecule has 2 fully saturated rings. The Labute approximate surface area is 360 Å². The molecular weight excluding hydrogens is 769 g/mol. The first kappa shape index (κ1) is 42.6. The number of hydroxylamine groups is 2. The second-order valence-corrected chi connectivity index (χ2v) is 18.4. The number of aryl methyl sites for hydroxylation is 1. The molecule has 1 aromatic heterocycles. The average molecular weight is 832 g/mol. The van der Waals surface area contributed by atoms with Crippen molar-refractivity contribution in [3.63, 3.8) is 0 Å². The van der Waals surface area contributed by atoms with Crippen molar-refractivity contribution in [2.75, 3.05) is 57.8 Å². The highest BCUT2D eigenvalue weighted by atomic mass is 16.6. The number of hydrogen-bond acceptors (Lipinski definition) is 10. The maximum absolute atomic E-state index is 14.7. The number of rotatable bonds is 10. The van der Waals surface area contributed by atoms with Crippen molar-refractivity contribution in [3.8, 4) is 5.75 Å². The van der Waals surface area contributed by atoms with Crippen LogP contribution in [0.1, 0.15) is 113 Å². The zero-order valence-corrected chi connectivity index (χ0v) is 37.4. The quantitative estimate of drug-likeness (QED) is 0.132. The Hall–Kier alpha value is -5.11. The zero-order valence-electron chi connectivity index (χ0n) is 37.4. The van der Waals surface area contributed by atoms with E-state index in [9.17, 15) is 14.8 Å². The molecule has 2 aromatic carbocycles. The van der Waals surface area contributed by atoms with Gasteiger partial charge in [-0.05, 0) is 103 Å². The molecule has 4 aliphatic heterocycles. The van der Waals surface area contributed by atoms with E-state index < -0.39 is 12.0 Å². The van der Waals surface area contributed by atoms with Gasteiger partial charge in [-0.25, -0.2) is 9.26 Å². The number of amides is 1. The Morgan fingerprint density at radius 2 is 1.69 bits per heavy atom. The highest BCUT2D eigenvalue weighted by Crippen LogP contribution is 2.53. The molecule has 5 heterocycles. The van der Waals surface area contributed by atoms with E-state index >= 15 is 0 Å². The summed E-state index contributed by atoms with van der Waals surface area (Å²) in [6.45, 7) is 22.4. The molecule has 8 rings (SSSR count). The van der Waals surface area contributed by atoms with Crippen molar-refractivity contribution < 1.29 is 28.8 Å². The lowest BCUT2D eigenvalue weighted by atomic mass is 9.76. The fraction of sp³-hybridized carbons (Fsp3) is 0.521. The fourth-order valence-corrected chi connectivity index (χ4v) is 10.2. The number of carbonyl (C=O) groups is 2. The van der Waals surface area contributed by atoms with Gasteiger partial charge in [0, 0.05) is 91.9 Å². The first-order valence-electron chi connectivity index (χ1n) is 22.2. The van der Waals surface area contributed by atoms with Gasteiger partial charge >= 0.3 is 5.97 Å². The van der Waals surface area contributed by atoms with E-state index in [1.54, 1.807) is 0 Å². The second-order valence-electron chi connectivity index (χ2n) is 18.4. The number of anilines is 1. The van der Waals surface area contributed by atoms with Crippen LogP contribution in [0.5, 0.6) is 5.75 Å². The van der Waals surface area contributed by atoms with E-state index in [4.69, 9.17) is 9.47 Å². The lowest BCUT2D eigenvalue weighted by Crippen LogP contribution is -2.59. The number of nitrogens with zero attached hydrogens (tertiary/aromatic N) is 8. The largest absolute Gasteiger partial charge is 0.483 e. The van der Waals surface area contributed by atoms with Crippen molar-refractivity contribution in [1.82, 2.24) is 29.9 Å². The van der Waals surface area contributed by atoms with Gasteiger partial charge in [-0.2, -0.15) is 5.06 Å². The molecular formula is C48H63N8O5+. The van der Waals surface area contributed by atoms with E-state index in [1.807, 2.05) is 59.2 Å². The van der Waals surface area contributed by atoms with E-state index in [0.717, 1.165) is 83.8 Å². The van der Waals surface area contributed by atoms with Crippen LogP contribution in [0.15, 0.2) is 72.2 Å². The molecule has 2 atom stereocenters. The Kier molecular flexibility index (Phi) is 11.6. The van der Waals surface area contributed by atoms with Crippen LogP contribution in [0, 0.1) is 5.92 Å². The average Bonchev–Trinajstić information content (AvgIpc) is 3.73. The summed E-state index contributed by atoms with van der Waals surface area (Å²) in [4.78, 5) is 35.5. The molecule has 324 valence electrons. The van der Waals surface area contributed by atoms with Crippen LogP contribution < -0.4 is 9.64 Å². The second kappa shape index (κ2) is 16.6. The summed E-state index contributed by atoms with van der Waals surface area (Å²) in [7, 11) is 2.05. The van der Waals surface area contributed by atoms with Crippen LogP contribution in [-0.4, -0.2) is 121 Å². The minimum Gasteiger partial charge on any atom is -0.483 e. The molecule has 1 amide bonds. The van der Waals surface area contributed by atoms with Gasteiger partial charge in [0.25, 0.3) is 5.91 Å². The number of ether oxygens (including phenoxy) is 2. The third-order valence-corrected chi connectivity index (χ3v) is 13.5. The third kappa shape index (κ3) is 7.85. The molecule has 0 bridgehead atoms. The molecule has 13 heteroatoms. The van der Waals surface area contributed by atoms with Crippen LogP contribution in [0.2, 0.25) is 0 Å². The van der Waals surface area contributed by atoms with E-state index in [2.05, 4.69) is 98.3 Å². The van der Waals surface area contributed by atoms with Crippen molar-refractivity contribution in [3.05, 3.63) is 100 Å². The summed E-state index contributed by atoms with van der Waals surface area (Å²) < 4.78 is 17.4. The maximum Gasteiger partial charge on any atom is 0.323 e. The summed E-state index contributed by atoms with van der Waals surface area (Å²) in [6, 6.07) is 12.0. The van der Waals surface area contributed by atoms with E-state index in [0.29, 0.717) is 49.8 Å². The van der Waals surface area contributed by atoms with Crippen LogP contribution >= 0.6 is 0 Å². The van der Waals surface area contributed by atoms with Gasteiger partial charge in [0.05, 0.1) is 24.0 Å². The topological polar surface area (TPSA) is 120 Å². The lowest BCUT2D eigenvalue weighted by Gasteiger charge is -2.51. The number of hydrogen-bond donors (Lipinski definition) is 1.